The van der Waals surface area contributed by atoms with Gasteiger partial charge in [-0.25, -0.2) is 4.79 Å². The average Bonchev–Trinajstić information content (AvgIpc) is 3.48. The van der Waals surface area contributed by atoms with E-state index in [2.05, 4.69) is 5.32 Å². The molecule has 0 saturated carbocycles. The molecule has 4 rings (SSSR count). The zero-order valence-electron chi connectivity index (χ0n) is 22.5. The fraction of sp³-hybridized carbons (Fsp3) is 0.290. The van der Waals surface area contributed by atoms with E-state index >= 15 is 0 Å². The van der Waals surface area contributed by atoms with Gasteiger partial charge in [0.1, 0.15) is 12.1 Å². The number of carboxylic acids is 1. The van der Waals surface area contributed by atoms with Crippen LogP contribution in [-0.2, 0) is 23.9 Å². The molecule has 0 radical (unpaired) electrons. The van der Waals surface area contributed by atoms with Crippen LogP contribution < -0.4 is 16.8 Å². The van der Waals surface area contributed by atoms with E-state index in [1.165, 1.54) is 16.7 Å². The maximum absolute atomic E-state index is 13.9. The fourth-order valence-corrected chi connectivity index (χ4v) is 6.78. The fourth-order valence-electron chi connectivity index (χ4n) is 5.23. The Hall–Kier alpha value is -4.15. The molecule has 0 bridgehead atoms. The van der Waals surface area contributed by atoms with Crippen LogP contribution in [0.25, 0.3) is 0 Å². The molecule has 3 unspecified atom stereocenters. The molecule has 1 aliphatic heterocycles. The summed E-state index contributed by atoms with van der Waals surface area (Å²) in [5.74, 6) is -2.96. The SMILES string of the molecule is NC(=O)CC(N)C(=O)NC(CSC(c1ccccc1)(c1ccccc1)c1ccccc1)C(=O)N1CCCC1C(=O)O. The summed E-state index contributed by atoms with van der Waals surface area (Å²) in [6.07, 6.45) is 0.487. The van der Waals surface area contributed by atoms with E-state index < -0.39 is 46.6 Å². The number of amides is 3. The second-order valence-electron chi connectivity index (χ2n) is 9.96. The van der Waals surface area contributed by atoms with Crippen molar-refractivity contribution in [3.05, 3.63) is 108 Å². The van der Waals surface area contributed by atoms with Crippen molar-refractivity contribution in [1.82, 2.24) is 10.2 Å². The van der Waals surface area contributed by atoms with Gasteiger partial charge in [0, 0.05) is 12.3 Å². The van der Waals surface area contributed by atoms with Gasteiger partial charge in [-0.1, -0.05) is 91.0 Å². The summed E-state index contributed by atoms with van der Waals surface area (Å²) in [6.45, 7) is 0.265. The van der Waals surface area contributed by atoms with Crippen molar-refractivity contribution in [2.75, 3.05) is 12.3 Å². The van der Waals surface area contributed by atoms with E-state index in [0.29, 0.717) is 12.8 Å². The van der Waals surface area contributed by atoms with E-state index in [4.69, 9.17) is 11.5 Å². The molecule has 1 saturated heterocycles. The third-order valence-electron chi connectivity index (χ3n) is 7.20. The molecule has 1 fully saturated rings. The van der Waals surface area contributed by atoms with Crippen LogP contribution in [0.3, 0.4) is 0 Å². The normalized spacial score (nSPS) is 16.5. The average molecular weight is 575 g/mol. The first-order chi connectivity index (χ1) is 19.7. The maximum atomic E-state index is 13.9. The number of benzene rings is 3. The molecule has 1 heterocycles. The van der Waals surface area contributed by atoms with Crippen molar-refractivity contribution in [2.45, 2.75) is 42.1 Å². The zero-order valence-corrected chi connectivity index (χ0v) is 23.3. The number of hydrogen-bond donors (Lipinski definition) is 4. The first kappa shape index (κ1) is 29.8. The first-order valence-corrected chi connectivity index (χ1v) is 14.4. The lowest BCUT2D eigenvalue weighted by Gasteiger charge is -2.37. The number of likely N-dealkylation sites (tertiary alicyclic amines) is 1. The third-order valence-corrected chi connectivity index (χ3v) is 8.84. The van der Waals surface area contributed by atoms with Gasteiger partial charge in [0.25, 0.3) is 0 Å². The van der Waals surface area contributed by atoms with Crippen LogP contribution in [0.5, 0.6) is 0 Å². The van der Waals surface area contributed by atoms with Gasteiger partial charge in [0.05, 0.1) is 17.2 Å². The van der Waals surface area contributed by atoms with Crippen LogP contribution in [0.2, 0.25) is 0 Å². The van der Waals surface area contributed by atoms with Crippen LogP contribution >= 0.6 is 11.8 Å². The number of nitrogens with one attached hydrogen (secondary N) is 1. The highest BCUT2D eigenvalue weighted by atomic mass is 32.2. The van der Waals surface area contributed by atoms with E-state index in [9.17, 15) is 24.3 Å². The van der Waals surface area contributed by atoms with E-state index in [1.807, 2.05) is 91.0 Å². The number of thioether (sulfide) groups is 1. The Labute approximate surface area is 243 Å². The van der Waals surface area contributed by atoms with Crippen molar-refractivity contribution >= 4 is 35.5 Å². The Bertz CT molecular complexity index is 1260. The van der Waals surface area contributed by atoms with Crippen LogP contribution in [0.4, 0.5) is 0 Å². The smallest absolute Gasteiger partial charge is 0.326 e. The molecule has 3 atom stereocenters. The standard InChI is InChI=1S/C31H34N4O5S/c32-24(19-27(33)36)28(37)34-25(29(38)35-18-10-17-26(35)30(39)40)20-41-31(21-11-4-1-5-12-21,22-13-6-2-7-14-22)23-15-8-3-9-16-23/h1-9,11-16,24-26H,10,17-20,32H2,(H2,33,36)(H,34,37)(H,39,40). The van der Waals surface area contributed by atoms with E-state index in [0.717, 1.165) is 16.7 Å². The van der Waals surface area contributed by atoms with E-state index in [1.54, 1.807) is 0 Å². The lowest BCUT2D eigenvalue weighted by Crippen LogP contribution is -2.56. The topological polar surface area (TPSA) is 156 Å². The van der Waals surface area contributed by atoms with Crippen LogP contribution in [0, 0.1) is 0 Å². The van der Waals surface area contributed by atoms with Crippen molar-refractivity contribution in [3.8, 4) is 0 Å². The summed E-state index contributed by atoms with van der Waals surface area (Å²) < 4.78 is -0.778. The van der Waals surface area contributed by atoms with Crippen molar-refractivity contribution < 1.29 is 24.3 Å². The second kappa shape index (κ2) is 13.5. The minimum Gasteiger partial charge on any atom is -0.480 e. The Kier molecular flexibility index (Phi) is 9.80. The molecule has 3 amide bonds. The van der Waals surface area contributed by atoms with Crippen LogP contribution in [-0.4, -0.2) is 64.1 Å². The summed E-state index contributed by atoms with van der Waals surface area (Å²) in [5.41, 5.74) is 14.1. The lowest BCUT2D eigenvalue weighted by atomic mass is 9.84. The predicted molar refractivity (Wildman–Crippen MR) is 158 cm³/mol. The monoisotopic (exact) mass is 574 g/mol. The van der Waals surface area contributed by atoms with E-state index in [-0.39, 0.29) is 18.7 Å². The van der Waals surface area contributed by atoms with Gasteiger partial charge < -0.3 is 26.8 Å². The Morgan fingerprint density at radius 1 is 0.902 bits per heavy atom. The summed E-state index contributed by atoms with van der Waals surface area (Å²) in [7, 11) is 0. The Morgan fingerprint density at radius 3 is 1.83 bits per heavy atom. The van der Waals surface area contributed by atoms with Gasteiger partial charge in [-0.3, -0.25) is 14.4 Å². The first-order valence-electron chi connectivity index (χ1n) is 13.4. The van der Waals surface area contributed by atoms with Gasteiger partial charge in [-0.05, 0) is 29.5 Å². The number of carbonyl (C=O) groups is 4. The van der Waals surface area contributed by atoms with Crippen molar-refractivity contribution in [2.24, 2.45) is 11.5 Å². The molecule has 214 valence electrons. The number of rotatable bonds is 12. The number of carbonyl (C=O) groups excluding carboxylic acids is 3. The summed E-state index contributed by atoms with van der Waals surface area (Å²) in [5, 5.41) is 12.4. The van der Waals surface area contributed by atoms with Crippen molar-refractivity contribution in [3.63, 3.8) is 0 Å². The molecule has 3 aromatic carbocycles. The minimum atomic E-state index is -1.25. The zero-order chi connectivity index (χ0) is 29.4. The Balaban J connectivity index is 1.76. The van der Waals surface area contributed by atoms with Crippen LogP contribution in [0.1, 0.15) is 36.0 Å². The summed E-state index contributed by atoms with van der Waals surface area (Å²) in [4.78, 5) is 51.5. The number of nitrogens with two attached hydrogens (primary N) is 2. The number of nitrogens with zero attached hydrogens (tertiary/aromatic N) is 1. The molecular weight excluding hydrogens is 540 g/mol. The van der Waals surface area contributed by atoms with Gasteiger partial charge in [-0.2, -0.15) is 0 Å². The summed E-state index contributed by atoms with van der Waals surface area (Å²) >= 11 is 1.46. The molecule has 9 nitrogen and oxygen atoms in total. The molecule has 6 N–H and O–H groups in total. The van der Waals surface area contributed by atoms with Crippen LogP contribution in [0.15, 0.2) is 91.0 Å². The molecule has 10 heteroatoms. The van der Waals surface area contributed by atoms with Gasteiger partial charge in [0.2, 0.25) is 17.7 Å². The largest absolute Gasteiger partial charge is 0.480 e. The molecular formula is C31H34N4O5S. The molecule has 0 aromatic heterocycles. The number of primary amides is 1. The van der Waals surface area contributed by atoms with Gasteiger partial charge >= 0.3 is 5.97 Å². The highest BCUT2D eigenvalue weighted by Gasteiger charge is 2.42. The third kappa shape index (κ3) is 6.78. The maximum Gasteiger partial charge on any atom is 0.326 e. The lowest BCUT2D eigenvalue weighted by molar-refractivity contribution is -0.149. The molecule has 0 aliphatic carbocycles. The highest BCUT2D eigenvalue weighted by molar-refractivity contribution is 8.00. The highest BCUT2D eigenvalue weighted by Crippen LogP contribution is 2.48. The molecule has 0 spiro atoms. The number of aliphatic carboxylic acids is 1. The second-order valence-corrected chi connectivity index (χ2v) is 11.2. The Morgan fingerprint density at radius 2 is 1.39 bits per heavy atom. The van der Waals surface area contributed by atoms with Gasteiger partial charge in [-0.15, -0.1) is 11.8 Å². The number of carboxylic acid groups (broad SMARTS) is 1. The van der Waals surface area contributed by atoms with Crippen molar-refractivity contribution in [1.29, 1.82) is 0 Å². The quantitative estimate of drug-likeness (QED) is 0.242. The predicted octanol–water partition coefficient (Wildman–Crippen LogP) is 2.47. The molecule has 41 heavy (non-hydrogen) atoms. The molecule has 3 aromatic rings. The minimum absolute atomic E-state index is 0.0926. The number of hydrogen-bond acceptors (Lipinski definition) is 6. The van der Waals surface area contributed by atoms with Gasteiger partial charge in [0.15, 0.2) is 0 Å². The molecule has 1 aliphatic rings. The summed E-state index contributed by atoms with van der Waals surface area (Å²) in [6, 6.07) is 26.3.